The lowest BCUT2D eigenvalue weighted by atomic mass is 10.0. The van der Waals surface area contributed by atoms with Gasteiger partial charge >= 0.3 is 5.97 Å². The van der Waals surface area contributed by atoms with Gasteiger partial charge in [0.15, 0.2) is 0 Å². The summed E-state index contributed by atoms with van der Waals surface area (Å²) >= 11 is 0. The van der Waals surface area contributed by atoms with Crippen molar-refractivity contribution in [2.45, 2.75) is 341 Å². The van der Waals surface area contributed by atoms with Gasteiger partial charge in [0.25, 0.3) is 0 Å². The van der Waals surface area contributed by atoms with Gasteiger partial charge in [0.1, 0.15) is 0 Å². The summed E-state index contributed by atoms with van der Waals surface area (Å²) in [6.07, 6.45) is 65.3. The molecule has 6 nitrogen and oxygen atoms in total. The maximum absolute atomic E-state index is 12.4. The molecule has 0 aromatic carbocycles. The van der Waals surface area contributed by atoms with Gasteiger partial charge in [-0.3, -0.25) is 9.59 Å². The van der Waals surface area contributed by atoms with Gasteiger partial charge in [-0.1, -0.05) is 296 Å². The summed E-state index contributed by atoms with van der Waals surface area (Å²) in [7, 11) is 0. The molecule has 6 heteroatoms. The van der Waals surface area contributed by atoms with Gasteiger partial charge in [-0.05, 0) is 32.1 Å². The molecule has 65 heavy (non-hydrogen) atoms. The Morgan fingerprint density at radius 2 is 0.708 bits per heavy atom. The first-order chi connectivity index (χ1) is 32.0. The van der Waals surface area contributed by atoms with E-state index in [-0.39, 0.29) is 18.5 Å². The van der Waals surface area contributed by atoms with E-state index in [1.165, 1.54) is 263 Å². The minimum atomic E-state index is -0.843. The van der Waals surface area contributed by atoms with Crippen LogP contribution in [0, 0.1) is 0 Å². The molecule has 0 fully saturated rings. The number of allylic oxidation sites excluding steroid dienone is 1. The number of rotatable bonds is 55. The van der Waals surface area contributed by atoms with Crippen molar-refractivity contribution in [2.75, 3.05) is 13.2 Å². The highest BCUT2D eigenvalue weighted by atomic mass is 16.5. The normalized spacial score (nSPS) is 12.6. The molecule has 0 rings (SSSR count). The summed E-state index contributed by atoms with van der Waals surface area (Å²) in [6.45, 7) is 4.91. The highest BCUT2D eigenvalue weighted by Crippen LogP contribution is 2.18. The van der Waals surface area contributed by atoms with E-state index in [1.54, 1.807) is 6.08 Å². The quantitative estimate of drug-likeness (QED) is 0.0321. The summed E-state index contributed by atoms with van der Waals surface area (Å²) in [4.78, 5) is 24.5. The molecule has 0 aromatic heterocycles. The number of carbonyl (C=O) groups is 2. The molecular formula is C59H115NO5. The summed E-state index contributed by atoms with van der Waals surface area (Å²) in [5.74, 6) is -0.0554. The number of aliphatic hydroxyl groups is 2. The van der Waals surface area contributed by atoms with E-state index in [0.717, 1.165) is 38.5 Å². The Morgan fingerprint density at radius 1 is 0.415 bits per heavy atom. The lowest BCUT2D eigenvalue weighted by Crippen LogP contribution is -2.45. The Labute approximate surface area is 406 Å². The number of ether oxygens (including phenoxy) is 1. The van der Waals surface area contributed by atoms with E-state index in [9.17, 15) is 19.8 Å². The average molecular weight is 919 g/mol. The predicted octanol–water partition coefficient (Wildman–Crippen LogP) is 18.1. The summed E-state index contributed by atoms with van der Waals surface area (Å²) < 4.78 is 5.49. The van der Waals surface area contributed by atoms with Crippen LogP contribution in [0.1, 0.15) is 328 Å². The second-order valence-electron chi connectivity index (χ2n) is 20.3. The highest BCUT2D eigenvalue weighted by Gasteiger charge is 2.18. The van der Waals surface area contributed by atoms with E-state index in [2.05, 4.69) is 19.2 Å². The number of carbonyl (C=O) groups excluding carboxylic acids is 2. The second-order valence-corrected chi connectivity index (χ2v) is 20.3. The molecule has 2 atom stereocenters. The summed E-state index contributed by atoms with van der Waals surface area (Å²) in [6, 6.07) is -0.627. The largest absolute Gasteiger partial charge is 0.466 e. The Balaban J connectivity index is 3.37. The fourth-order valence-corrected chi connectivity index (χ4v) is 9.28. The molecule has 386 valence electrons. The third kappa shape index (κ3) is 51.8. The maximum atomic E-state index is 12.4. The number of aliphatic hydroxyl groups excluding tert-OH is 2. The SMILES string of the molecule is CCCCCCCCCCCC/C=C/C(O)C(CO)NC(=O)CCCCCCCCCCCCCCCCCCCCCCOC(=O)CCCCCCCCCCCCCCCCCC. The Bertz CT molecular complexity index is 970. The topological polar surface area (TPSA) is 95.9 Å². The number of unbranched alkanes of at least 4 members (excludes halogenated alkanes) is 44. The molecule has 3 N–H and O–H groups in total. The molecule has 2 unspecified atom stereocenters. The van der Waals surface area contributed by atoms with Crippen LogP contribution in [0.25, 0.3) is 0 Å². The van der Waals surface area contributed by atoms with Gasteiger partial charge < -0.3 is 20.3 Å². The Hall–Kier alpha value is -1.40. The number of amides is 1. The molecule has 0 saturated carbocycles. The predicted molar refractivity (Wildman–Crippen MR) is 283 cm³/mol. The number of esters is 1. The van der Waals surface area contributed by atoms with Crippen molar-refractivity contribution in [2.24, 2.45) is 0 Å². The average Bonchev–Trinajstić information content (AvgIpc) is 3.31. The number of hydrogen-bond acceptors (Lipinski definition) is 5. The van der Waals surface area contributed by atoms with Crippen LogP contribution < -0.4 is 5.32 Å². The third-order valence-corrected chi connectivity index (χ3v) is 13.8. The monoisotopic (exact) mass is 918 g/mol. The molecule has 0 saturated heterocycles. The van der Waals surface area contributed by atoms with Crippen LogP contribution in [0.15, 0.2) is 12.2 Å². The fraction of sp³-hybridized carbons (Fsp3) is 0.932. The van der Waals surface area contributed by atoms with Crippen molar-refractivity contribution in [1.82, 2.24) is 5.32 Å². The maximum Gasteiger partial charge on any atom is 0.305 e. The van der Waals surface area contributed by atoms with Crippen molar-refractivity contribution in [3.63, 3.8) is 0 Å². The van der Waals surface area contributed by atoms with E-state index >= 15 is 0 Å². The molecule has 0 aliphatic heterocycles. The Kier molecular flexibility index (Phi) is 54.0. The smallest absolute Gasteiger partial charge is 0.305 e. The van der Waals surface area contributed by atoms with Crippen LogP contribution in [0.4, 0.5) is 0 Å². The van der Waals surface area contributed by atoms with Crippen LogP contribution in [-0.4, -0.2) is 47.4 Å². The van der Waals surface area contributed by atoms with Gasteiger partial charge in [-0.2, -0.15) is 0 Å². The van der Waals surface area contributed by atoms with E-state index in [0.29, 0.717) is 19.4 Å². The zero-order valence-corrected chi connectivity index (χ0v) is 44.0. The van der Waals surface area contributed by atoms with Gasteiger partial charge in [0.2, 0.25) is 5.91 Å². The first kappa shape index (κ1) is 63.6. The lowest BCUT2D eigenvalue weighted by molar-refractivity contribution is -0.143. The molecule has 0 heterocycles. The van der Waals surface area contributed by atoms with Crippen LogP contribution in [0.2, 0.25) is 0 Å². The first-order valence-electron chi connectivity index (χ1n) is 29.5. The van der Waals surface area contributed by atoms with Crippen molar-refractivity contribution in [3.05, 3.63) is 12.2 Å². The van der Waals surface area contributed by atoms with Crippen molar-refractivity contribution < 1.29 is 24.5 Å². The standard InChI is InChI=1S/C59H115NO5/c1-3-5-7-9-11-13-15-17-18-26-29-33-37-41-45-49-53-59(64)65-54-50-46-42-38-34-30-27-24-22-20-19-21-23-25-28-32-36-40-44-48-52-58(63)60-56(55-61)57(62)51-47-43-39-35-31-16-14-12-10-8-6-4-2/h47,51,56-57,61-62H,3-46,48-50,52-55H2,1-2H3,(H,60,63)/b51-47+. The van der Waals surface area contributed by atoms with Crippen LogP contribution >= 0.6 is 0 Å². The van der Waals surface area contributed by atoms with Crippen molar-refractivity contribution in [1.29, 1.82) is 0 Å². The van der Waals surface area contributed by atoms with Gasteiger partial charge in [-0.25, -0.2) is 0 Å². The minimum Gasteiger partial charge on any atom is -0.466 e. The van der Waals surface area contributed by atoms with E-state index in [1.807, 2.05) is 6.08 Å². The second kappa shape index (κ2) is 55.2. The summed E-state index contributed by atoms with van der Waals surface area (Å²) in [5, 5.41) is 23.0. The van der Waals surface area contributed by atoms with Gasteiger partial charge in [-0.15, -0.1) is 0 Å². The number of nitrogens with one attached hydrogen (secondary N) is 1. The van der Waals surface area contributed by atoms with Gasteiger partial charge in [0, 0.05) is 12.8 Å². The molecular weight excluding hydrogens is 803 g/mol. The third-order valence-electron chi connectivity index (χ3n) is 13.8. The van der Waals surface area contributed by atoms with Crippen LogP contribution in [0.3, 0.4) is 0 Å². The molecule has 0 radical (unpaired) electrons. The zero-order valence-electron chi connectivity index (χ0n) is 44.0. The molecule has 0 spiro atoms. The van der Waals surface area contributed by atoms with Crippen molar-refractivity contribution >= 4 is 11.9 Å². The Morgan fingerprint density at radius 3 is 1.05 bits per heavy atom. The van der Waals surface area contributed by atoms with E-state index < -0.39 is 12.1 Å². The van der Waals surface area contributed by atoms with Crippen LogP contribution in [0.5, 0.6) is 0 Å². The molecule has 0 aliphatic rings. The summed E-state index contributed by atoms with van der Waals surface area (Å²) in [5.41, 5.74) is 0. The van der Waals surface area contributed by atoms with Gasteiger partial charge in [0.05, 0.1) is 25.4 Å². The lowest BCUT2D eigenvalue weighted by Gasteiger charge is -2.20. The minimum absolute atomic E-state index is 0.0137. The zero-order chi connectivity index (χ0) is 47.2. The highest BCUT2D eigenvalue weighted by molar-refractivity contribution is 5.76. The molecule has 1 amide bonds. The van der Waals surface area contributed by atoms with E-state index in [4.69, 9.17) is 4.74 Å². The molecule has 0 aromatic rings. The molecule has 0 bridgehead atoms. The first-order valence-corrected chi connectivity index (χ1v) is 29.5. The van der Waals surface area contributed by atoms with Crippen molar-refractivity contribution in [3.8, 4) is 0 Å². The fourth-order valence-electron chi connectivity index (χ4n) is 9.28. The van der Waals surface area contributed by atoms with Crippen LogP contribution in [-0.2, 0) is 14.3 Å². The molecule has 0 aliphatic carbocycles. The number of hydrogen-bond donors (Lipinski definition) is 3.